The fourth-order valence-electron chi connectivity index (χ4n) is 2.60. The third-order valence-corrected chi connectivity index (χ3v) is 3.72. The molecule has 0 heterocycles. The van der Waals surface area contributed by atoms with Gasteiger partial charge in [0.05, 0.1) is 6.04 Å². The van der Waals surface area contributed by atoms with Crippen LogP contribution >= 0.6 is 0 Å². The van der Waals surface area contributed by atoms with Crippen molar-refractivity contribution >= 4 is 5.96 Å². The van der Waals surface area contributed by atoms with Gasteiger partial charge in [0.15, 0.2) is 6.19 Å². The second kappa shape index (κ2) is 5.31. The van der Waals surface area contributed by atoms with Crippen molar-refractivity contribution < 1.29 is 0 Å². The zero-order chi connectivity index (χ0) is 13.1. The second-order valence-electron chi connectivity index (χ2n) is 5.24. The van der Waals surface area contributed by atoms with Gasteiger partial charge in [-0.25, -0.2) is 4.99 Å². The number of aliphatic imine (C=N–C) groups is 1. The summed E-state index contributed by atoms with van der Waals surface area (Å²) in [5.74, 6) is 0.631. The topological polar surface area (TPSA) is 60.2 Å². The third-order valence-electron chi connectivity index (χ3n) is 3.72. The van der Waals surface area contributed by atoms with Crippen LogP contribution in [-0.2, 0) is 6.42 Å². The van der Waals surface area contributed by atoms with E-state index in [1.165, 1.54) is 24.0 Å². The van der Waals surface area contributed by atoms with Gasteiger partial charge in [0.1, 0.15) is 0 Å². The zero-order valence-electron chi connectivity index (χ0n) is 10.9. The average Bonchev–Trinajstić information content (AvgIpc) is 3.23. The Morgan fingerprint density at radius 2 is 2.11 bits per heavy atom. The van der Waals surface area contributed by atoms with Crippen molar-refractivity contribution in [3.05, 3.63) is 35.4 Å². The first kappa shape index (κ1) is 12.0. The Morgan fingerprint density at radius 3 is 2.89 bits per heavy atom. The van der Waals surface area contributed by atoms with E-state index in [0.717, 1.165) is 19.3 Å². The summed E-state index contributed by atoms with van der Waals surface area (Å²) < 4.78 is 0. The number of nitrogens with zero attached hydrogens (tertiary/aromatic N) is 2. The van der Waals surface area contributed by atoms with E-state index in [9.17, 15) is 0 Å². The number of aryl methyl sites for hydroxylation is 1. The van der Waals surface area contributed by atoms with E-state index >= 15 is 0 Å². The fourth-order valence-corrected chi connectivity index (χ4v) is 2.60. The van der Waals surface area contributed by atoms with E-state index in [1.807, 2.05) is 6.19 Å². The van der Waals surface area contributed by atoms with Gasteiger partial charge in [0.25, 0.3) is 0 Å². The molecule has 0 aliphatic heterocycles. The molecule has 0 amide bonds. The minimum Gasteiger partial charge on any atom is -0.353 e. The highest BCUT2D eigenvalue weighted by Crippen LogP contribution is 2.32. The fraction of sp³-hybridized carbons (Fsp3) is 0.467. The summed E-state index contributed by atoms with van der Waals surface area (Å²) in [6.07, 6.45) is 7.67. The Kier molecular flexibility index (Phi) is 3.37. The Hall–Kier alpha value is -2.02. The van der Waals surface area contributed by atoms with Crippen LogP contribution in [0.3, 0.4) is 0 Å². The Labute approximate surface area is 113 Å². The van der Waals surface area contributed by atoms with Crippen molar-refractivity contribution in [3.8, 4) is 6.19 Å². The lowest BCUT2D eigenvalue weighted by Crippen LogP contribution is -2.36. The molecule has 1 aromatic rings. The number of rotatable bonds is 2. The van der Waals surface area contributed by atoms with Crippen molar-refractivity contribution in [1.82, 2.24) is 10.6 Å². The summed E-state index contributed by atoms with van der Waals surface area (Å²) in [7, 11) is 0. The maximum absolute atomic E-state index is 8.81. The maximum Gasteiger partial charge on any atom is 0.205 e. The van der Waals surface area contributed by atoms with Crippen molar-refractivity contribution in [2.24, 2.45) is 4.99 Å². The number of fused-ring (bicyclic) bond motifs is 1. The molecule has 0 radical (unpaired) electrons. The van der Waals surface area contributed by atoms with Crippen LogP contribution in [0.25, 0.3) is 0 Å². The Balaban J connectivity index is 1.82. The van der Waals surface area contributed by atoms with Gasteiger partial charge in [-0.05, 0) is 43.2 Å². The number of nitrogens with one attached hydrogen (secondary N) is 2. The first-order valence-electron chi connectivity index (χ1n) is 6.94. The molecule has 1 unspecified atom stereocenters. The summed E-state index contributed by atoms with van der Waals surface area (Å²) in [5, 5.41) is 14.8. The minimum absolute atomic E-state index is 0.173. The number of hydrogen-bond donors (Lipinski definition) is 2. The molecule has 0 bridgehead atoms. The maximum atomic E-state index is 8.81. The monoisotopic (exact) mass is 254 g/mol. The molecule has 0 spiro atoms. The molecule has 19 heavy (non-hydrogen) atoms. The smallest absolute Gasteiger partial charge is 0.205 e. The number of guanidine groups is 1. The van der Waals surface area contributed by atoms with Gasteiger partial charge in [-0.15, -0.1) is 0 Å². The molecule has 3 rings (SSSR count). The zero-order valence-corrected chi connectivity index (χ0v) is 10.9. The largest absolute Gasteiger partial charge is 0.353 e. The molecule has 98 valence electrons. The molecule has 1 aromatic carbocycles. The quantitative estimate of drug-likeness (QED) is 0.368. The van der Waals surface area contributed by atoms with E-state index < -0.39 is 0 Å². The van der Waals surface area contributed by atoms with Gasteiger partial charge in [-0.1, -0.05) is 24.3 Å². The highest BCUT2D eigenvalue weighted by molar-refractivity contribution is 5.82. The summed E-state index contributed by atoms with van der Waals surface area (Å²) in [4.78, 5) is 4.72. The number of hydrogen-bond acceptors (Lipinski definition) is 2. The molecule has 2 N–H and O–H groups in total. The van der Waals surface area contributed by atoms with Crippen molar-refractivity contribution in [3.63, 3.8) is 0 Å². The van der Waals surface area contributed by atoms with E-state index in [0.29, 0.717) is 12.0 Å². The van der Waals surface area contributed by atoms with E-state index in [1.54, 1.807) is 0 Å². The van der Waals surface area contributed by atoms with E-state index in [4.69, 9.17) is 10.3 Å². The molecule has 2 aliphatic rings. The van der Waals surface area contributed by atoms with Crippen LogP contribution in [0.2, 0.25) is 0 Å². The molecule has 2 aliphatic carbocycles. The molecular formula is C15H18N4. The minimum atomic E-state index is 0.173. The highest BCUT2D eigenvalue weighted by atomic mass is 15.2. The van der Waals surface area contributed by atoms with Gasteiger partial charge in [-0.3, -0.25) is 5.32 Å². The standard InChI is InChI=1S/C15H18N4/c16-10-17-15(18-12-8-9-12)19-14-7-3-5-11-4-1-2-6-13(11)14/h1-2,4,6,12,14H,3,5,7-9H2,(H2,17,18,19). The van der Waals surface area contributed by atoms with Crippen molar-refractivity contribution in [2.75, 3.05) is 0 Å². The van der Waals surface area contributed by atoms with Gasteiger partial charge in [-0.2, -0.15) is 5.26 Å². The molecule has 4 heteroatoms. The van der Waals surface area contributed by atoms with Crippen molar-refractivity contribution in [2.45, 2.75) is 44.2 Å². The van der Waals surface area contributed by atoms with Crippen molar-refractivity contribution in [1.29, 1.82) is 5.26 Å². The molecule has 1 saturated carbocycles. The van der Waals surface area contributed by atoms with Crippen LogP contribution in [0, 0.1) is 11.5 Å². The normalized spacial score (nSPS) is 22.3. The van der Waals surface area contributed by atoms with Gasteiger partial charge < -0.3 is 5.32 Å². The Morgan fingerprint density at radius 1 is 1.26 bits per heavy atom. The SMILES string of the molecule is N#CNC(=NC1CCCc2ccccc21)NC1CC1. The lowest BCUT2D eigenvalue weighted by atomic mass is 9.88. The molecule has 0 saturated heterocycles. The molecule has 1 fully saturated rings. The molecule has 0 aromatic heterocycles. The first-order chi connectivity index (χ1) is 9.36. The predicted octanol–water partition coefficient (Wildman–Crippen LogP) is 2.24. The van der Waals surface area contributed by atoms with E-state index in [2.05, 4.69) is 34.9 Å². The van der Waals surface area contributed by atoms with Crippen LogP contribution < -0.4 is 10.6 Å². The first-order valence-corrected chi connectivity index (χ1v) is 6.94. The summed E-state index contributed by atoms with van der Waals surface area (Å²) >= 11 is 0. The highest BCUT2D eigenvalue weighted by Gasteiger charge is 2.24. The van der Waals surface area contributed by atoms with Gasteiger partial charge in [0.2, 0.25) is 5.96 Å². The number of nitriles is 1. The third kappa shape index (κ3) is 2.87. The average molecular weight is 254 g/mol. The summed E-state index contributed by atoms with van der Waals surface area (Å²) in [6, 6.07) is 9.16. The Bertz CT molecular complexity index is 525. The molecule has 1 atom stereocenters. The van der Waals surface area contributed by atoms with E-state index in [-0.39, 0.29) is 6.04 Å². The molecule has 4 nitrogen and oxygen atoms in total. The van der Waals surface area contributed by atoms with Crippen LogP contribution in [0.4, 0.5) is 0 Å². The second-order valence-corrected chi connectivity index (χ2v) is 5.24. The van der Waals surface area contributed by atoms with Gasteiger partial charge >= 0.3 is 0 Å². The van der Waals surface area contributed by atoms with Crippen LogP contribution in [0.15, 0.2) is 29.3 Å². The van der Waals surface area contributed by atoms with Crippen LogP contribution in [0.1, 0.15) is 42.9 Å². The van der Waals surface area contributed by atoms with Gasteiger partial charge in [0, 0.05) is 6.04 Å². The summed E-state index contributed by atoms with van der Waals surface area (Å²) in [6.45, 7) is 0. The molecular weight excluding hydrogens is 236 g/mol. The lowest BCUT2D eigenvalue weighted by Gasteiger charge is -2.23. The van der Waals surface area contributed by atoms with Crippen LogP contribution in [-0.4, -0.2) is 12.0 Å². The summed E-state index contributed by atoms with van der Waals surface area (Å²) in [5.41, 5.74) is 2.70. The number of benzene rings is 1. The van der Waals surface area contributed by atoms with Crippen LogP contribution in [0.5, 0.6) is 0 Å². The predicted molar refractivity (Wildman–Crippen MR) is 74.5 cm³/mol. The lowest BCUT2D eigenvalue weighted by molar-refractivity contribution is 0.568.